The lowest BCUT2D eigenvalue weighted by Gasteiger charge is -2.31. The molecule has 4 aromatic rings. The zero-order valence-corrected chi connectivity index (χ0v) is 22.5. The molecule has 11 heteroatoms. The summed E-state index contributed by atoms with van der Waals surface area (Å²) >= 11 is 0. The number of hydrogen-bond acceptors (Lipinski definition) is 9. The van der Waals surface area contributed by atoms with Crippen molar-refractivity contribution in [3.05, 3.63) is 63.7 Å². The molecule has 1 saturated carbocycles. The topological polar surface area (TPSA) is 117 Å². The summed E-state index contributed by atoms with van der Waals surface area (Å²) in [5.74, 6) is 3.66. The van der Waals surface area contributed by atoms with Gasteiger partial charge in [-0.1, -0.05) is 25.8 Å². The fourth-order valence-electron chi connectivity index (χ4n) is 6.11. The molecule has 1 aliphatic carbocycles. The average Bonchev–Trinajstić information content (AvgIpc) is 3.75. The quantitative estimate of drug-likeness (QED) is 0.347. The van der Waals surface area contributed by atoms with Crippen LogP contribution in [0.25, 0.3) is 10.9 Å². The van der Waals surface area contributed by atoms with E-state index >= 15 is 0 Å². The van der Waals surface area contributed by atoms with Gasteiger partial charge >= 0.3 is 0 Å². The minimum atomic E-state index is -0.134. The lowest BCUT2D eigenvalue weighted by Crippen LogP contribution is -2.32. The molecule has 0 radical (unpaired) electrons. The Bertz CT molecular complexity index is 1590. The van der Waals surface area contributed by atoms with E-state index in [1.807, 2.05) is 41.1 Å². The van der Waals surface area contributed by atoms with E-state index in [9.17, 15) is 4.79 Å². The third kappa shape index (κ3) is 4.64. The maximum atomic E-state index is 13.4. The number of rotatable bonds is 8. The summed E-state index contributed by atoms with van der Waals surface area (Å²) in [5, 5.41) is 13.9. The zero-order chi connectivity index (χ0) is 27.1. The van der Waals surface area contributed by atoms with E-state index in [2.05, 4.69) is 32.3 Å². The lowest BCUT2D eigenvalue weighted by atomic mass is 10.1. The van der Waals surface area contributed by atoms with Gasteiger partial charge in [0.25, 0.3) is 5.56 Å². The van der Waals surface area contributed by atoms with Crippen LogP contribution in [0.3, 0.4) is 0 Å². The van der Waals surface area contributed by atoms with E-state index in [-0.39, 0.29) is 18.4 Å². The molecule has 0 unspecified atom stereocenters. The average molecular weight is 545 g/mol. The second-order valence-corrected chi connectivity index (χ2v) is 10.6. The van der Waals surface area contributed by atoms with Gasteiger partial charge in [-0.3, -0.25) is 9.69 Å². The molecule has 2 aromatic heterocycles. The van der Waals surface area contributed by atoms with Gasteiger partial charge in [-0.05, 0) is 59.5 Å². The molecule has 2 aromatic carbocycles. The van der Waals surface area contributed by atoms with Gasteiger partial charge in [0.05, 0.1) is 17.6 Å². The molecule has 7 rings (SSSR count). The van der Waals surface area contributed by atoms with Gasteiger partial charge < -0.3 is 23.9 Å². The first kappa shape index (κ1) is 24.9. The van der Waals surface area contributed by atoms with Crippen molar-refractivity contribution in [2.24, 2.45) is 0 Å². The fraction of sp³-hybridized carbons (Fsp3) is 0.448. The van der Waals surface area contributed by atoms with Gasteiger partial charge in [-0.2, -0.15) is 0 Å². The first-order valence-corrected chi connectivity index (χ1v) is 14.0. The Balaban J connectivity index is 1.26. The summed E-state index contributed by atoms with van der Waals surface area (Å²) in [5.41, 5.74) is 2.30. The van der Waals surface area contributed by atoms with Gasteiger partial charge in [0.1, 0.15) is 13.2 Å². The van der Waals surface area contributed by atoms with Crippen molar-refractivity contribution in [2.45, 2.75) is 64.2 Å². The molecule has 3 aliphatic rings. The highest BCUT2D eigenvalue weighted by Crippen LogP contribution is 2.37. The zero-order valence-electron chi connectivity index (χ0n) is 22.5. The predicted molar refractivity (Wildman–Crippen MR) is 146 cm³/mol. The number of aromatic nitrogens is 5. The summed E-state index contributed by atoms with van der Waals surface area (Å²) in [7, 11) is 0. The van der Waals surface area contributed by atoms with Gasteiger partial charge in [0, 0.05) is 30.1 Å². The minimum absolute atomic E-state index is 0.101. The first-order chi connectivity index (χ1) is 19.7. The Kier molecular flexibility index (Phi) is 6.51. The van der Waals surface area contributed by atoms with Crippen molar-refractivity contribution in [2.75, 3.05) is 20.0 Å². The summed E-state index contributed by atoms with van der Waals surface area (Å²) in [6, 6.07) is 11.9. The van der Waals surface area contributed by atoms with Crippen molar-refractivity contribution < 1.29 is 18.9 Å². The first-order valence-electron chi connectivity index (χ1n) is 14.0. The predicted octanol–water partition coefficient (Wildman–Crippen LogP) is 4.28. The number of ether oxygens (including phenoxy) is 4. The number of nitrogens with one attached hydrogen (secondary N) is 1. The maximum Gasteiger partial charge on any atom is 0.252 e. The highest BCUT2D eigenvalue weighted by molar-refractivity contribution is 5.83. The lowest BCUT2D eigenvalue weighted by molar-refractivity contribution is 0.157. The van der Waals surface area contributed by atoms with Crippen LogP contribution >= 0.6 is 0 Å². The van der Waals surface area contributed by atoms with E-state index < -0.39 is 0 Å². The molecule has 0 saturated heterocycles. The van der Waals surface area contributed by atoms with Crippen LogP contribution in [0.1, 0.15) is 68.1 Å². The van der Waals surface area contributed by atoms with Crippen LogP contribution in [0, 0.1) is 0 Å². The highest BCUT2D eigenvalue weighted by atomic mass is 16.7. The van der Waals surface area contributed by atoms with Crippen LogP contribution in [0.2, 0.25) is 0 Å². The number of aromatic amines is 1. The summed E-state index contributed by atoms with van der Waals surface area (Å²) in [6.07, 6.45) is 5.31. The van der Waals surface area contributed by atoms with Crippen molar-refractivity contribution in [3.8, 4) is 23.0 Å². The molecular formula is C29H32N6O5. The Morgan fingerprint density at radius 1 is 0.975 bits per heavy atom. The molecular weight excluding hydrogens is 512 g/mol. The van der Waals surface area contributed by atoms with E-state index in [1.165, 1.54) is 12.8 Å². The second kappa shape index (κ2) is 10.5. The highest BCUT2D eigenvalue weighted by Gasteiger charge is 2.30. The Morgan fingerprint density at radius 2 is 1.75 bits per heavy atom. The van der Waals surface area contributed by atoms with Crippen LogP contribution < -0.4 is 24.5 Å². The standard InChI is InChI=1S/C29H32N6O5/c1-2-23(28-31-32-33-35(28)21-5-3-4-6-21)34(15-18-7-8-24-25(11-18)40-17-39-24)16-20-12-19-13-26-27(38-10-9-37-26)14-22(19)30-29(20)36/h7-8,11-14,21,23H,2-6,9-10,15-17H2,1H3,(H,30,36)/t23-/m0/s1. The van der Waals surface area contributed by atoms with E-state index in [0.29, 0.717) is 49.4 Å². The van der Waals surface area contributed by atoms with Crippen LogP contribution in [0.5, 0.6) is 23.0 Å². The molecule has 2 aliphatic heterocycles. The van der Waals surface area contributed by atoms with Gasteiger partial charge in [0.2, 0.25) is 6.79 Å². The smallest absolute Gasteiger partial charge is 0.252 e. The number of benzene rings is 2. The van der Waals surface area contributed by atoms with Crippen molar-refractivity contribution in [3.63, 3.8) is 0 Å². The number of pyridine rings is 1. The van der Waals surface area contributed by atoms with Crippen LogP contribution in [0.15, 0.2) is 41.2 Å². The molecule has 0 bridgehead atoms. The minimum Gasteiger partial charge on any atom is -0.486 e. The van der Waals surface area contributed by atoms with Gasteiger partial charge in [-0.15, -0.1) is 5.10 Å². The van der Waals surface area contributed by atoms with Crippen LogP contribution in [-0.4, -0.2) is 50.1 Å². The van der Waals surface area contributed by atoms with E-state index in [0.717, 1.165) is 53.1 Å². The fourth-order valence-corrected chi connectivity index (χ4v) is 6.11. The monoisotopic (exact) mass is 544 g/mol. The van der Waals surface area contributed by atoms with Crippen molar-refractivity contribution in [1.29, 1.82) is 0 Å². The summed E-state index contributed by atoms with van der Waals surface area (Å²) < 4.78 is 24.7. The largest absolute Gasteiger partial charge is 0.486 e. The number of fused-ring (bicyclic) bond motifs is 3. The van der Waals surface area contributed by atoms with Crippen molar-refractivity contribution >= 4 is 10.9 Å². The third-order valence-corrected chi connectivity index (χ3v) is 8.09. The third-order valence-electron chi connectivity index (χ3n) is 8.09. The van der Waals surface area contributed by atoms with Gasteiger partial charge in [0.15, 0.2) is 28.8 Å². The number of H-pyrrole nitrogens is 1. The second-order valence-electron chi connectivity index (χ2n) is 10.6. The molecule has 4 heterocycles. The number of hydrogen-bond donors (Lipinski definition) is 1. The number of tetrazole rings is 1. The van der Waals surface area contributed by atoms with Crippen LogP contribution in [0.4, 0.5) is 0 Å². The summed E-state index contributed by atoms with van der Waals surface area (Å²) in [4.78, 5) is 18.7. The molecule has 0 amide bonds. The normalized spacial score (nSPS) is 17.1. The molecule has 1 atom stereocenters. The Labute approximate surface area is 231 Å². The molecule has 1 fully saturated rings. The van der Waals surface area contributed by atoms with E-state index in [1.54, 1.807) is 0 Å². The van der Waals surface area contributed by atoms with Crippen molar-refractivity contribution in [1.82, 2.24) is 30.1 Å². The molecule has 11 nitrogen and oxygen atoms in total. The Morgan fingerprint density at radius 3 is 2.58 bits per heavy atom. The SMILES string of the molecule is CC[C@@H](c1nnnn1C1CCCC1)N(Cc1ccc2c(c1)OCO2)Cc1cc2cc3c(cc2[nH]c1=O)OCCO3. The Hall–Kier alpha value is -4.12. The number of nitrogens with zero attached hydrogens (tertiary/aromatic N) is 5. The molecule has 40 heavy (non-hydrogen) atoms. The van der Waals surface area contributed by atoms with Gasteiger partial charge in [-0.25, -0.2) is 4.68 Å². The molecule has 1 N–H and O–H groups in total. The summed E-state index contributed by atoms with van der Waals surface area (Å²) in [6.45, 7) is 4.34. The van der Waals surface area contributed by atoms with E-state index in [4.69, 9.17) is 18.9 Å². The maximum absolute atomic E-state index is 13.4. The molecule has 0 spiro atoms. The van der Waals surface area contributed by atoms with Crippen LogP contribution in [-0.2, 0) is 13.1 Å². The molecule has 208 valence electrons.